The SMILES string of the molecule is CCCN.NCCNC(=O)c1cccc(C(F)(F)F)c1. The van der Waals surface area contributed by atoms with Crippen LogP contribution in [0.15, 0.2) is 24.3 Å². The molecule has 0 radical (unpaired) electrons. The van der Waals surface area contributed by atoms with E-state index >= 15 is 0 Å². The van der Waals surface area contributed by atoms with Crippen LogP contribution in [0.25, 0.3) is 0 Å². The van der Waals surface area contributed by atoms with Gasteiger partial charge in [-0.15, -0.1) is 0 Å². The van der Waals surface area contributed by atoms with E-state index in [1.165, 1.54) is 12.1 Å². The molecule has 20 heavy (non-hydrogen) atoms. The minimum atomic E-state index is -4.44. The van der Waals surface area contributed by atoms with Gasteiger partial charge in [-0.25, -0.2) is 0 Å². The summed E-state index contributed by atoms with van der Waals surface area (Å²) in [5.41, 5.74) is 9.32. The molecule has 4 nitrogen and oxygen atoms in total. The maximum atomic E-state index is 12.3. The van der Waals surface area contributed by atoms with Crippen molar-refractivity contribution >= 4 is 5.91 Å². The van der Waals surface area contributed by atoms with Gasteiger partial charge in [-0.2, -0.15) is 13.2 Å². The standard InChI is InChI=1S/C10H11F3N2O.C3H9N/c11-10(12,13)8-3-1-2-7(6-8)9(16)15-5-4-14;1-2-3-4/h1-3,6H,4-5,14H2,(H,15,16);2-4H2,1H3. The zero-order chi connectivity index (χ0) is 15.6. The molecule has 0 fully saturated rings. The Morgan fingerprint density at radius 1 is 1.25 bits per heavy atom. The van der Waals surface area contributed by atoms with Gasteiger partial charge in [0, 0.05) is 18.7 Å². The van der Waals surface area contributed by atoms with Gasteiger partial charge in [-0.05, 0) is 31.2 Å². The van der Waals surface area contributed by atoms with Crippen LogP contribution in [0, 0.1) is 0 Å². The van der Waals surface area contributed by atoms with Crippen LogP contribution in [-0.4, -0.2) is 25.5 Å². The number of hydrogen-bond acceptors (Lipinski definition) is 3. The van der Waals surface area contributed by atoms with Crippen LogP contribution in [0.1, 0.15) is 29.3 Å². The van der Waals surface area contributed by atoms with E-state index in [9.17, 15) is 18.0 Å². The minimum absolute atomic E-state index is 0.0247. The molecule has 5 N–H and O–H groups in total. The lowest BCUT2D eigenvalue weighted by Gasteiger charge is -2.08. The first-order chi connectivity index (χ1) is 9.36. The maximum absolute atomic E-state index is 12.3. The molecular formula is C13H20F3N3O. The number of nitrogens with one attached hydrogen (secondary N) is 1. The first-order valence-corrected chi connectivity index (χ1v) is 6.22. The quantitative estimate of drug-likeness (QED) is 0.790. The van der Waals surface area contributed by atoms with Crippen LogP contribution >= 0.6 is 0 Å². The summed E-state index contributed by atoms with van der Waals surface area (Å²) in [5, 5.41) is 2.40. The fraction of sp³-hybridized carbons (Fsp3) is 0.462. The zero-order valence-electron chi connectivity index (χ0n) is 11.3. The summed E-state index contributed by atoms with van der Waals surface area (Å²) in [5.74, 6) is -0.559. The fourth-order valence-electron chi connectivity index (χ4n) is 1.12. The van der Waals surface area contributed by atoms with Crippen LogP contribution < -0.4 is 16.8 Å². The monoisotopic (exact) mass is 291 g/mol. The van der Waals surface area contributed by atoms with Crippen molar-refractivity contribution in [3.63, 3.8) is 0 Å². The predicted molar refractivity (Wildman–Crippen MR) is 72.2 cm³/mol. The lowest BCUT2D eigenvalue weighted by molar-refractivity contribution is -0.137. The minimum Gasteiger partial charge on any atom is -0.351 e. The van der Waals surface area contributed by atoms with Gasteiger partial charge in [-0.3, -0.25) is 4.79 Å². The number of amides is 1. The second-order valence-corrected chi connectivity index (χ2v) is 3.91. The van der Waals surface area contributed by atoms with Crippen LogP contribution in [0.4, 0.5) is 13.2 Å². The summed E-state index contributed by atoms with van der Waals surface area (Å²) in [6.45, 7) is 3.35. The molecule has 0 spiro atoms. The Labute approximate surface area is 116 Å². The number of rotatable bonds is 4. The topological polar surface area (TPSA) is 81.1 Å². The Balaban J connectivity index is 0.000000796. The smallest absolute Gasteiger partial charge is 0.351 e. The Hall–Kier alpha value is -1.60. The van der Waals surface area contributed by atoms with Gasteiger partial charge in [0.15, 0.2) is 0 Å². The molecule has 0 unspecified atom stereocenters. The summed E-state index contributed by atoms with van der Waals surface area (Å²) in [4.78, 5) is 11.3. The van der Waals surface area contributed by atoms with Crippen molar-refractivity contribution in [2.75, 3.05) is 19.6 Å². The lowest BCUT2D eigenvalue weighted by atomic mass is 10.1. The van der Waals surface area contributed by atoms with Crippen LogP contribution in [0.5, 0.6) is 0 Å². The highest BCUT2D eigenvalue weighted by molar-refractivity contribution is 5.94. The molecule has 1 aromatic rings. The van der Waals surface area contributed by atoms with E-state index in [1.807, 2.05) is 0 Å². The third kappa shape index (κ3) is 7.10. The summed E-state index contributed by atoms with van der Waals surface area (Å²) < 4.78 is 37.0. The van der Waals surface area contributed by atoms with Gasteiger partial charge < -0.3 is 16.8 Å². The van der Waals surface area contributed by atoms with E-state index in [0.717, 1.165) is 25.1 Å². The number of hydrogen-bond donors (Lipinski definition) is 3. The number of alkyl halides is 3. The van der Waals surface area contributed by atoms with E-state index in [-0.39, 0.29) is 18.7 Å². The molecule has 0 saturated heterocycles. The van der Waals surface area contributed by atoms with Gasteiger partial charge in [0.25, 0.3) is 5.91 Å². The summed E-state index contributed by atoms with van der Waals surface area (Å²) >= 11 is 0. The van der Waals surface area contributed by atoms with Crippen molar-refractivity contribution in [2.24, 2.45) is 11.5 Å². The average molecular weight is 291 g/mol. The van der Waals surface area contributed by atoms with Crippen molar-refractivity contribution in [3.05, 3.63) is 35.4 Å². The largest absolute Gasteiger partial charge is 0.416 e. The Bertz CT molecular complexity index is 406. The van der Waals surface area contributed by atoms with Crippen LogP contribution in [0.2, 0.25) is 0 Å². The second-order valence-electron chi connectivity index (χ2n) is 3.91. The fourth-order valence-corrected chi connectivity index (χ4v) is 1.12. The van der Waals surface area contributed by atoms with Crippen molar-refractivity contribution in [1.29, 1.82) is 0 Å². The van der Waals surface area contributed by atoms with Gasteiger partial charge in [0.05, 0.1) is 5.56 Å². The highest BCUT2D eigenvalue weighted by Gasteiger charge is 2.30. The average Bonchev–Trinajstić information content (AvgIpc) is 2.44. The van der Waals surface area contributed by atoms with Crippen molar-refractivity contribution in [1.82, 2.24) is 5.32 Å². The maximum Gasteiger partial charge on any atom is 0.416 e. The number of carbonyl (C=O) groups excluding carboxylic acids is 1. The van der Waals surface area contributed by atoms with Crippen LogP contribution in [0.3, 0.4) is 0 Å². The van der Waals surface area contributed by atoms with Gasteiger partial charge in [-0.1, -0.05) is 13.0 Å². The molecule has 0 aliphatic rings. The molecular weight excluding hydrogens is 271 g/mol. The molecule has 0 aliphatic carbocycles. The normalized spacial score (nSPS) is 10.5. The molecule has 0 saturated carbocycles. The van der Waals surface area contributed by atoms with E-state index < -0.39 is 17.6 Å². The number of nitrogens with two attached hydrogens (primary N) is 2. The molecule has 0 heterocycles. The first-order valence-electron chi connectivity index (χ1n) is 6.22. The molecule has 0 atom stereocenters. The number of halogens is 3. The van der Waals surface area contributed by atoms with E-state index in [1.54, 1.807) is 0 Å². The lowest BCUT2D eigenvalue weighted by Crippen LogP contribution is -2.29. The second kappa shape index (κ2) is 9.33. The third-order valence-corrected chi connectivity index (χ3v) is 2.17. The molecule has 1 aromatic carbocycles. The summed E-state index contributed by atoms with van der Waals surface area (Å²) in [7, 11) is 0. The summed E-state index contributed by atoms with van der Waals surface area (Å²) in [6, 6.07) is 4.24. The van der Waals surface area contributed by atoms with Crippen molar-refractivity contribution in [2.45, 2.75) is 19.5 Å². The molecule has 0 bridgehead atoms. The number of benzene rings is 1. The summed E-state index contributed by atoms with van der Waals surface area (Å²) in [6.07, 6.45) is -3.34. The van der Waals surface area contributed by atoms with E-state index in [2.05, 4.69) is 12.2 Å². The van der Waals surface area contributed by atoms with Gasteiger partial charge in [0.1, 0.15) is 0 Å². The van der Waals surface area contributed by atoms with Crippen molar-refractivity contribution in [3.8, 4) is 0 Å². The molecule has 0 aliphatic heterocycles. The molecule has 114 valence electrons. The molecule has 0 aromatic heterocycles. The first kappa shape index (κ1) is 18.4. The van der Waals surface area contributed by atoms with Gasteiger partial charge >= 0.3 is 6.18 Å². The highest BCUT2D eigenvalue weighted by Crippen LogP contribution is 2.29. The Morgan fingerprint density at radius 3 is 2.30 bits per heavy atom. The molecule has 1 amide bonds. The predicted octanol–water partition coefficient (Wildman–Crippen LogP) is 1.75. The molecule has 7 heteroatoms. The highest BCUT2D eigenvalue weighted by atomic mass is 19.4. The van der Waals surface area contributed by atoms with E-state index in [4.69, 9.17) is 11.5 Å². The molecule has 1 rings (SSSR count). The Kier molecular flexibility index (Phi) is 8.58. The van der Waals surface area contributed by atoms with Gasteiger partial charge in [0.2, 0.25) is 0 Å². The van der Waals surface area contributed by atoms with Crippen LogP contribution in [-0.2, 0) is 6.18 Å². The zero-order valence-corrected chi connectivity index (χ0v) is 11.3. The van der Waals surface area contributed by atoms with E-state index in [0.29, 0.717) is 0 Å². The Morgan fingerprint density at radius 2 is 1.85 bits per heavy atom. The third-order valence-electron chi connectivity index (χ3n) is 2.17. The van der Waals surface area contributed by atoms with Crippen molar-refractivity contribution < 1.29 is 18.0 Å². The number of carbonyl (C=O) groups is 1.